The lowest BCUT2D eigenvalue weighted by Crippen LogP contribution is -2.14. The fourth-order valence-corrected chi connectivity index (χ4v) is 1.46. The van der Waals surface area contributed by atoms with E-state index in [1.807, 2.05) is 0 Å². The van der Waals surface area contributed by atoms with Crippen molar-refractivity contribution in [2.75, 3.05) is 6.61 Å². The number of carbonyl (C=O) groups is 2. The number of Topliss-reactive ketones (excluding diaryl/α,β-unsaturated/α-hetero) is 1. The van der Waals surface area contributed by atoms with Crippen molar-refractivity contribution in [3.05, 3.63) is 53.6 Å². The quantitative estimate of drug-likeness (QED) is 0.620. The summed E-state index contributed by atoms with van der Waals surface area (Å²) in [6.45, 7) is -0.390. The number of aryl methyl sites for hydroxylation is 1. The molecular weight excluding hydrogens is 251 g/mol. The third-order valence-electron chi connectivity index (χ3n) is 2.44. The Morgan fingerprint density at radius 3 is 2.53 bits per heavy atom. The van der Waals surface area contributed by atoms with Crippen LogP contribution in [0.4, 0.5) is 4.39 Å². The van der Waals surface area contributed by atoms with E-state index in [2.05, 4.69) is 5.10 Å². The lowest BCUT2D eigenvalue weighted by atomic mass is 10.1. The highest BCUT2D eigenvalue weighted by Crippen LogP contribution is 2.05. The fraction of sp³-hybridized carbons (Fsp3) is 0.154. The Morgan fingerprint density at radius 2 is 1.95 bits per heavy atom. The Morgan fingerprint density at radius 1 is 1.26 bits per heavy atom. The topological polar surface area (TPSA) is 61.2 Å². The normalized spacial score (nSPS) is 10.2. The molecule has 0 atom stereocenters. The molecular formula is C13H11FN2O3. The number of halogens is 1. The standard InChI is InChI=1S/C13H11FN2O3/c1-16-7-10(6-15-16)13(18)19-8-12(17)9-2-4-11(14)5-3-9/h2-7H,8H2,1H3. The van der Waals surface area contributed by atoms with Crippen molar-refractivity contribution in [3.63, 3.8) is 0 Å². The highest BCUT2D eigenvalue weighted by atomic mass is 19.1. The largest absolute Gasteiger partial charge is 0.454 e. The van der Waals surface area contributed by atoms with Gasteiger partial charge in [0.2, 0.25) is 0 Å². The average Bonchev–Trinajstić information content (AvgIpc) is 2.83. The molecule has 0 bridgehead atoms. The minimum absolute atomic E-state index is 0.273. The number of rotatable bonds is 4. The molecule has 2 rings (SSSR count). The Hall–Kier alpha value is -2.50. The Balaban J connectivity index is 1.93. The molecule has 0 spiro atoms. The number of hydrogen-bond donors (Lipinski definition) is 0. The van der Waals surface area contributed by atoms with Gasteiger partial charge in [-0.1, -0.05) is 0 Å². The number of nitrogens with zero attached hydrogens (tertiary/aromatic N) is 2. The van der Waals surface area contributed by atoms with E-state index in [-0.39, 0.29) is 12.2 Å². The maximum Gasteiger partial charge on any atom is 0.341 e. The van der Waals surface area contributed by atoms with E-state index < -0.39 is 17.6 Å². The molecule has 0 radical (unpaired) electrons. The summed E-state index contributed by atoms with van der Waals surface area (Å²) in [5, 5.41) is 3.82. The van der Waals surface area contributed by atoms with Gasteiger partial charge in [-0.25, -0.2) is 9.18 Å². The summed E-state index contributed by atoms with van der Waals surface area (Å²) in [5.41, 5.74) is 0.565. The molecule has 5 nitrogen and oxygen atoms in total. The predicted molar refractivity (Wildman–Crippen MR) is 64.2 cm³/mol. The van der Waals surface area contributed by atoms with Gasteiger partial charge in [-0.15, -0.1) is 0 Å². The summed E-state index contributed by atoms with van der Waals surface area (Å²) < 4.78 is 19.0. The molecule has 98 valence electrons. The summed E-state index contributed by atoms with van der Waals surface area (Å²) in [6.07, 6.45) is 2.84. The number of esters is 1. The zero-order valence-electron chi connectivity index (χ0n) is 10.2. The van der Waals surface area contributed by atoms with Gasteiger partial charge in [0.05, 0.1) is 11.8 Å². The second-order valence-electron chi connectivity index (χ2n) is 3.91. The van der Waals surface area contributed by atoms with Crippen molar-refractivity contribution in [2.45, 2.75) is 0 Å². The van der Waals surface area contributed by atoms with Crippen molar-refractivity contribution in [3.8, 4) is 0 Å². The van der Waals surface area contributed by atoms with Crippen LogP contribution < -0.4 is 0 Å². The summed E-state index contributed by atoms with van der Waals surface area (Å²) in [6, 6.07) is 5.04. The molecule has 6 heteroatoms. The van der Waals surface area contributed by atoms with Crippen molar-refractivity contribution >= 4 is 11.8 Å². The molecule has 1 aromatic carbocycles. The van der Waals surface area contributed by atoms with E-state index in [1.165, 1.54) is 41.3 Å². The summed E-state index contributed by atoms with van der Waals surface area (Å²) in [5.74, 6) is -1.44. The van der Waals surface area contributed by atoms with Crippen LogP contribution in [0.2, 0.25) is 0 Å². The lowest BCUT2D eigenvalue weighted by molar-refractivity contribution is 0.0474. The second-order valence-corrected chi connectivity index (χ2v) is 3.91. The highest BCUT2D eigenvalue weighted by Gasteiger charge is 2.13. The van der Waals surface area contributed by atoms with Gasteiger partial charge in [-0.05, 0) is 24.3 Å². The van der Waals surface area contributed by atoms with Crippen LogP contribution in [0.5, 0.6) is 0 Å². The minimum Gasteiger partial charge on any atom is -0.454 e. The number of carbonyl (C=O) groups excluding carboxylic acids is 2. The van der Waals surface area contributed by atoms with Crippen LogP contribution in [0, 0.1) is 5.82 Å². The molecule has 0 fully saturated rings. The Labute approximate surface area is 108 Å². The predicted octanol–water partition coefficient (Wildman–Crippen LogP) is 1.60. The summed E-state index contributed by atoms with van der Waals surface area (Å²) >= 11 is 0. The molecule has 19 heavy (non-hydrogen) atoms. The van der Waals surface area contributed by atoms with Gasteiger partial charge >= 0.3 is 5.97 Å². The van der Waals surface area contributed by atoms with E-state index in [1.54, 1.807) is 7.05 Å². The maximum absolute atomic E-state index is 12.7. The molecule has 0 aliphatic carbocycles. The van der Waals surface area contributed by atoms with E-state index in [0.717, 1.165) is 0 Å². The molecule has 0 unspecified atom stereocenters. The zero-order valence-corrected chi connectivity index (χ0v) is 10.2. The van der Waals surface area contributed by atoms with Gasteiger partial charge in [-0.2, -0.15) is 5.10 Å². The van der Waals surface area contributed by atoms with Crippen molar-refractivity contribution in [1.82, 2.24) is 9.78 Å². The number of hydrogen-bond acceptors (Lipinski definition) is 4. The molecule has 0 saturated heterocycles. The van der Waals surface area contributed by atoms with Gasteiger partial charge in [0.15, 0.2) is 12.4 Å². The first-order chi connectivity index (χ1) is 9.06. The third-order valence-corrected chi connectivity index (χ3v) is 2.44. The van der Waals surface area contributed by atoms with E-state index in [4.69, 9.17) is 4.74 Å². The highest BCUT2D eigenvalue weighted by molar-refractivity contribution is 5.99. The van der Waals surface area contributed by atoms with Crippen molar-refractivity contribution in [2.24, 2.45) is 7.05 Å². The first kappa shape index (κ1) is 12.9. The van der Waals surface area contributed by atoms with Gasteiger partial charge in [0.1, 0.15) is 5.82 Å². The molecule has 0 amide bonds. The maximum atomic E-state index is 12.7. The van der Waals surface area contributed by atoms with Crippen LogP contribution in [-0.2, 0) is 11.8 Å². The zero-order chi connectivity index (χ0) is 13.8. The molecule has 0 aliphatic rings. The number of ether oxygens (including phenoxy) is 1. The SMILES string of the molecule is Cn1cc(C(=O)OCC(=O)c2ccc(F)cc2)cn1. The molecule has 2 aromatic rings. The molecule has 0 aliphatic heterocycles. The first-order valence-corrected chi connectivity index (χ1v) is 5.51. The van der Waals surface area contributed by atoms with Crippen LogP contribution in [0.1, 0.15) is 20.7 Å². The van der Waals surface area contributed by atoms with Gasteiger partial charge in [0.25, 0.3) is 0 Å². The molecule has 0 N–H and O–H groups in total. The van der Waals surface area contributed by atoms with Gasteiger partial charge in [-0.3, -0.25) is 9.48 Å². The second kappa shape index (κ2) is 5.43. The molecule has 1 aromatic heterocycles. The van der Waals surface area contributed by atoms with Crippen molar-refractivity contribution in [1.29, 1.82) is 0 Å². The molecule has 1 heterocycles. The van der Waals surface area contributed by atoms with Crippen LogP contribution >= 0.6 is 0 Å². The van der Waals surface area contributed by atoms with Crippen molar-refractivity contribution < 1.29 is 18.7 Å². The smallest absolute Gasteiger partial charge is 0.341 e. The van der Waals surface area contributed by atoms with E-state index in [0.29, 0.717) is 5.56 Å². The van der Waals surface area contributed by atoms with Crippen LogP contribution in [0.15, 0.2) is 36.7 Å². The Kier molecular flexibility index (Phi) is 3.70. The van der Waals surface area contributed by atoms with E-state index >= 15 is 0 Å². The van der Waals surface area contributed by atoms with Crippen LogP contribution in [0.25, 0.3) is 0 Å². The third kappa shape index (κ3) is 3.25. The minimum atomic E-state index is -0.622. The van der Waals surface area contributed by atoms with Crippen LogP contribution in [0.3, 0.4) is 0 Å². The van der Waals surface area contributed by atoms with Gasteiger partial charge in [0, 0.05) is 18.8 Å². The number of aromatic nitrogens is 2. The number of ketones is 1. The monoisotopic (exact) mass is 262 g/mol. The number of benzene rings is 1. The first-order valence-electron chi connectivity index (χ1n) is 5.51. The molecule has 0 saturated carbocycles. The lowest BCUT2D eigenvalue weighted by Gasteiger charge is -2.02. The van der Waals surface area contributed by atoms with Crippen LogP contribution in [-0.4, -0.2) is 28.1 Å². The summed E-state index contributed by atoms with van der Waals surface area (Å²) in [7, 11) is 1.67. The van der Waals surface area contributed by atoms with E-state index in [9.17, 15) is 14.0 Å². The summed E-state index contributed by atoms with van der Waals surface area (Å²) in [4.78, 5) is 23.2. The average molecular weight is 262 g/mol. The fourth-order valence-electron chi connectivity index (χ4n) is 1.46. The van der Waals surface area contributed by atoms with Gasteiger partial charge < -0.3 is 4.74 Å². The Bertz CT molecular complexity index is 605.